The molecule has 4 nitrogen and oxygen atoms in total. The molecule has 1 saturated carbocycles. The van der Waals surface area contributed by atoms with Gasteiger partial charge in [0.1, 0.15) is 0 Å². The molecule has 1 N–H and O–H groups in total. The van der Waals surface area contributed by atoms with Crippen molar-refractivity contribution < 1.29 is 9.90 Å². The van der Waals surface area contributed by atoms with Crippen molar-refractivity contribution in [1.29, 1.82) is 0 Å². The highest BCUT2D eigenvalue weighted by molar-refractivity contribution is 7.15. The molecule has 0 saturated heterocycles. The Morgan fingerprint density at radius 1 is 1.17 bits per heavy atom. The smallest absolute Gasteiger partial charge is 0.356 e. The number of carboxylic acids is 1. The lowest BCUT2D eigenvalue weighted by Gasteiger charge is -2.22. The molecule has 0 bridgehead atoms. The van der Waals surface area contributed by atoms with Crippen LogP contribution in [0.25, 0.3) is 16.2 Å². The van der Waals surface area contributed by atoms with Gasteiger partial charge in [-0.05, 0) is 29.9 Å². The molecule has 118 valence electrons. The second kappa shape index (κ2) is 5.81. The maximum Gasteiger partial charge on any atom is 0.356 e. The molecule has 0 amide bonds. The maximum atomic E-state index is 11.1. The number of hydrogen-bond donors (Lipinski definition) is 1. The monoisotopic (exact) mass is 326 g/mol. The number of aromatic carboxylic acids is 1. The molecule has 23 heavy (non-hydrogen) atoms. The number of carbonyl (C=O) groups is 1. The van der Waals surface area contributed by atoms with Crippen molar-refractivity contribution >= 4 is 22.3 Å². The van der Waals surface area contributed by atoms with Gasteiger partial charge >= 0.3 is 5.97 Å². The van der Waals surface area contributed by atoms with E-state index in [1.807, 2.05) is 9.78 Å². The molecule has 1 fully saturated rings. The van der Waals surface area contributed by atoms with Crippen LogP contribution in [-0.4, -0.2) is 20.5 Å². The van der Waals surface area contributed by atoms with Crippen LogP contribution in [0.3, 0.4) is 0 Å². The third-order valence-electron chi connectivity index (χ3n) is 4.71. The zero-order valence-electron chi connectivity index (χ0n) is 12.7. The Balaban J connectivity index is 1.66. The normalized spacial score (nSPS) is 16.0. The van der Waals surface area contributed by atoms with Crippen molar-refractivity contribution in [2.24, 2.45) is 0 Å². The van der Waals surface area contributed by atoms with E-state index < -0.39 is 5.97 Å². The molecular formula is C18H18N2O2S. The highest BCUT2D eigenvalue weighted by Gasteiger charge is 2.17. The zero-order chi connectivity index (χ0) is 15.8. The first-order chi connectivity index (χ1) is 11.2. The van der Waals surface area contributed by atoms with Gasteiger partial charge in [-0.1, -0.05) is 43.5 Å². The van der Waals surface area contributed by atoms with Crippen molar-refractivity contribution in [2.45, 2.75) is 38.0 Å². The Hall–Kier alpha value is -2.14. The third kappa shape index (κ3) is 2.65. The summed E-state index contributed by atoms with van der Waals surface area (Å²) in [4.78, 5) is 15.9. The van der Waals surface area contributed by atoms with Gasteiger partial charge in [-0.25, -0.2) is 9.78 Å². The molecule has 3 aromatic rings. The summed E-state index contributed by atoms with van der Waals surface area (Å²) in [5.41, 5.74) is 3.62. The molecule has 0 aliphatic heterocycles. The molecule has 2 heterocycles. The molecule has 0 radical (unpaired) electrons. The molecule has 4 rings (SSSR count). The summed E-state index contributed by atoms with van der Waals surface area (Å²) in [6, 6.07) is 8.74. The van der Waals surface area contributed by atoms with E-state index >= 15 is 0 Å². The lowest BCUT2D eigenvalue weighted by Crippen LogP contribution is -2.04. The lowest BCUT2D eigenvalue weighted by atomic mass is 9.84. The Kier molecular flexibility index (Phi) is 3.65. The molecule has 1 aliphatic carbocycles. The first-order valence-corrected chi connectivity index (χ1v) is 8.90. The van der Waals surface area contributed by atoms with Crippen LogP contribution in [0.5, 0.6) is 0 Å². The summed E-state index contributed by atoms with van der Waals surface area (Å²) in [6.45, 7) is 0. The molecular weight excluding hydrogens is 308 g/mol. The number of rotatable bonds is 3. The van der Waals surface area contributed by atoms with Crippen molar-refractivity contribution in [3.8, 4) is 11.3 Å². The van der Waals surface area contributed by atoms with E-state index in [0.29, 0.717) is 10.9 Å². The third-order valence-corrected chi connectivity index (χ3v) is 5.55. The summed E-state index contributed by atoms with van der Waals surface area (Å²) in [5, 5.41) is 11.1. The number of thiazole rings is 1. The fraction of sp³-hybridized carbons (Fsp3) is 0.333. The quantitative estimate of drug-likeness (QED) is 0.751. The summed E-state index contributed by atoms with van der Waals surface area (Å²) >= 11 is 1.47. The van der Waals surface area contributed by atoms with Gasteiger partial charge in [0.15, 0.2) is 10.7 Å². The highest BCUT2D eigenvalue weighted by atomic mass is 32.1. The van der Waals surface area contributed by atoms with E-state index in [1.165, 1.54) is 49.0 Å². The standard InChI is InChI=1S/C18H18N2O2S/c21-17(22)15-10-20-16(11-23-18(20)19-15)14-8-6-13(7-9-14)12-4-2-1-3-5-12/h6-12H,1-5H2,(H,21,22). The number of hydrogen-bond acceptors (Lipinski definition) is 3. The number of nitrogens with zero attached hydrogens (tertiary/aromatic N) is 2. The van der Waals surface area contributed by atoms with E-state index in [4.69, 9.17) is 5.11 Å². The van der Waals surface area contributed by atoms with Crippen LogP contribution in [-0.2, 0) is 0 Å². The summed E-state index contributed by atoms with van der Waals surface area (Å²) in [7, 11) is 0. The van der Waals surface area contributed by atoms with E-state index in [0.717, 1.165) is 11.3 Å². The fourth-order valence-corrected chi connectivity index (χ4v) is 4.34. The number of aromatic nitrogens is 2. The van der Waals surface area contributed by atoms with E-state index in [9.17, 15) is 4.79 Å². The van der Waals surface area contributed by atoms with Crippen molar-refractivity contribution in [1.82, 2.24) is 9.38 Å². The van der Waals surface area contributed by atoms with Gasteiger partial charge in [-0.15, -0.1) is 11.3 Å². The maximum absolute atomic E-state index is 11.1. The van der Waals surface area contributed by atoms with Crippen LogP contribution in [0.1, 0.15) is 54.1 Å². The Morgan fingerprint density at radius 3 is 2.61 bits per heavy atom. The van der Waals surface area contributed by atoms with Crippen molar-refractivity contribution in [3.63, 3.8) is 0 Å². The number of benzene rings is 1. The molecule has 5 heteroatoms. The molecule has 0 unspecified atom stereocenters. The number of carboxylic acid groups (broad SMARTS) is 1. The minimum Gasteiger partial charge on any atom is -0.476 e. The first-order valence-electron chi connectivity index (χ1n) is 8.02. The Bertz CT molecular complexity index is 842. The van der Waals surface area contributed by atoms with Crippen LogP contribution >= 0.6 is 11.3 Å². The van der Waals surface area contributed by atoms with Crippen molar-refractivity contribution in [3.05, 3.63) is 47.1 Å². The van der Waals surface area contributed by atoms with Gasteiger partial charge in [0.25, 0.3) is 0 Å². The number of fused-ring (bicyclic) bond motifs is 1. The average molecular weight is 326 g/mol. The second-order valence-electron chi connectivity index (χ2n) is 6.16. The minimum atomic E-state index is -0.987. The van der Waals surface area contributed by atoms with Crippen molar-refractivity contribution in [2.75, 3.05) is 0 Å². The molecule has 1 aliphatic rings. The van der Waals surface area contributed by atoms with Crippen LogP contribution in [0.15, 0.2) is 35.8 Å². The highest BCUT2D eigenvalue weighted by Crippen LogP contribution is 2.34. The number of imidazole rings is 1. The van der Waals surface area contributed by atoms with Crippen LogP contribution in [0.4, 0.5) is 0 Å². The first kappa shape index (κ1) is 14.5. The van der Waals surface area contributed by atoms with E-state index in [1.54, 1.807) is 6.20 Å². The summed E-state index contributed by atoms with van der Waals surface area (Å²) < 4.78 is 1.86. The SMILES string of the molecule is O=C(O)c1cn2c(-c3ccc(C4CCCCC4)cc3)csc2n1. The van der Waals surface area contributed by atoms with Gasteiger partial charge in [-0.2, -0.15) is 0 Å². The van der Waals surface area contributed by atoms with E-state index in [2.05, 4.69) is 29.2 Å². The van der Waals surface area contributed by atoms with Crippen LogP contribution in [0.2, 0.25) is 0 Å². The molecule has 1 aromatic carbocycles. The van der Waals surface area contributed by atoms with E-state index in [-0.39, 0.29) is 5.69 Å². The largest absolute Gasteiger partial charge is 0.476 e. The predicted octanol–water partition coefficient (Wildman–Crippen LogP) is 4.81. The molecule has 2 aromatic heterocycles. The Morgan fingerprint density at radius 2 is 1.91 bits per heavy atom. The molecule has 0 atom stereocenters. The fourth-order valence-electron chi connectivity index (χ4n) is 3.46. The second-order valence-corrected chi connectivity index (χ2v) is 7.00. The van der Waals surface area contributed by atoms with Gasteiger partial charge in [0, 0.05) is 11.6 Å². The topological polar surface area (TPSA) is 54.6 Å². The summed E-state index contributed by atoms with van der Waals surface area (Å²) in [5.74, 6) is -0.286. The van der Waals surface area contributed by atoms with Gasteiger partial charge in [0.2, 0.25) is 0 Å². The zero-order valence-corrected chi connectivity index (χ0v) is 13.6. The molecule has 0 spiro atoms. The van der Waals surface area contributed by atoms with Crippen LogP contribution in [0, 0.1) is 0 Å². The summed E-state index contributed by atoms with van der Waals surface area (Å²) in [6.07, 6.45) is 8.23. The minimum absolute atomic E-state index is 0.0944. The van der Waals surface area contributed by atoms with Gasteiger partial charge < -0.3 is 5.11 Å². The Labute approximate surface area is 138 Å². The van der Waals surface area contributed by atoms with Gasteiger partial charge in [0.05, 0.1) is 5.69 Å². The lowest BCUT2D eigenvalue weighted by molar-refractivity contribution is 0.0691. The van der Waals surface area contributed by atoms with Gasteiger partial charge in [-0.3, -0.25) is 4.40 Å². The average Bonchev–Trinajstić information content (AvgIpc) is 3.16. The predicted molar refractivity (Wildman–Crippen MR) is 91.3 cm³/mol. The van der Waals surface area contributed by atoms with Crippen LogP contribution < -0.4 is 0 Å².